The maximum Gasteiger partial charge on any atom is -0.0348 e. The van der Waals surface area contributed by atoms with Crippen molar-refractivity contribution in [2.24, 2.45) is 17.8 Å². The minimum Gasteiger partial charge on any atom is -0.0991 e. The molecule has 0 amide bonds. The molecule has 2 unspecified atom stereocenters. The van der Waals surface area contributed by atoms with E-state index in [1.807, 2.05) is 12.2 Å². The van der Waals surface area contributed by atoms with Crippen LogP contribution < -0.4 is 0 Å². The monoisotopic (exact) mass is 236 g/mol. The Bertz CT molecular complexity index is 200. The molecule has 0 saturated carbocycles. The Morgan fingerprint density at radius 1 is 0.941 bits per heavy atom. The van der Waals surface area contributed by atoms with Gasteiger partial charge in [-0.25, -0.2) is 0 Å². The van der Waals surface area contributed by atoms with Gasteiger partial charge in [-0.3, -0.25) is 0 Å². The Morgan fingerprint density at radius 2 is 1.65 bits per heavy atom. The van der Waals surface area contributed by atoms with E-state index in [1.54, 1.807) is 0 Å². The van der Waals surface area contributed by atoms with E-state index in [4.69, 9.17) is 0 Å². The third-order valence-electron chi connectivity index (χ3n) is 3.84. The highest BCUT2D eigenvalue weighted by Gasteiger charge is 2.09. The van der Waals surface area contributed by atoms with Gasteiger partial charge in [0.25, 0.3) is 0 Å². The predicted octanol–water partition coefficient (Wildman–Crippen LogP) is 6.00. The first-order valence-electron chi connectivity index (χ1n) is 7.35. The molecule has 0 aliphatic heterocycles. The third-order valence-corrected chi connectivity index (χ3v) is 3.84. The molecule has 0 saturated heterocycles. The normalized spacial score (nSPS) is 15.4. The maximum atomic E-state index is 3.67. The summed E-state index contributed by atoms with van der Waals surface area (Å²) >= 11 is 0. The number of allylic oxidation sites excluding steroid dienone is 3. The molecule has 2 atom stereocenters. The third kappa shape index (κ3) is 10.4. The lowest BCUT2D eigenvalue weighted by Crippen LogP contribution is -2.06. The van der Waals surface area contributed by atoms with Crippen LogP contribution >= 0.6 is 0 Å². The molecule has 0 fully saturated rings. The highest BCUT2D eigenvalue weighted by Crippen LogP contribution is 2.22. The first-order chi connectivity index (χ1) is 8.07. The van der Waals surface area contributed by atoms with Gasteiger partial charge in [0.1, 0.15) is 0 Å². The largest absolute Gasteiger partial charge is 0.0991 e. The molecule has 0 heteroatoms. The summed E-state index contributed by atoms with van der Waals surface area (Å²) in [6.07, 6.45) is 14.2. The Kier molecular flexibility index (Phi) is 10.3. The minimum atomic E-state index is 0.839. The van der Waals surface area contributed by atoms with Crippen LogP contribution in [0.15, 0.2) is 24.8 Å². The van der Waals surface area contributed by atoms with Gasteiger partial charge < -0.3 is 0 Å². The van der Waals surface area contributed by atoms with Crippen LogP contribution in [0.5, 0.6) is 0 Å². The van der Waals surface area contributed by atoms with Crippen molar-refractivity contribution in [3.05, 3.63) is 24.8 Å². The van der Waals surface area contributed by atoms with Crippen molar-refractivity contribution in [3.8, 4) is 0 Å². The van der Waals surface area contributed by atoms with E-state index in [1.165, 1.54) is 38.5 Å². The van der Waals surface area contributed by atoms with Crippen molar-refractivity contribution >= 4 is 0 Å². The standard InChI is InChI=1S/C17H32/c1-6-7-8-9-10-11-12-16(4)13-14-17(5)15(2)3/h6-8,15-17H,1,9-14H2,2-5H3. The van der Waals surface area contributed by atoms with Crippen LogP contribution in [0.4, 0.5) is 0 Å². The Balaban J connectivity index is 3.43. The van der Waals surface area contributed by atoms with E-state index in [0.717, 1.165) is 17.8 Å². The molecule has 0 rings (SSSR count). The van der Waals surface area contributed by atoms with Gasteiger partial charge >= 0.3 is 0 Å². The van der Waals surface area contributed by atoms with Crippen LogP contribution in [-0.4, -0.2) is 0 Å². The minimum absolute atomic E-state index is 0.839. The van der Waals surface area contributed by atoms with Crippen molar-refractivity contribution in [2.45, 2.75) is 66.2 Å². The molecule has 0 bridgehead atoms. The average Bonchev–Trinajstić information content (AvgIpc) is 2.30. The summed E-state index contributed by atoms with van der Waals surface area (Å²) in [6, 6.07) is 0. The second-order valence-corrected chi connectivity index (χ2v) is 5.85. The van der Waals surface area contributed by atoms with Gasteiger partial charge in [0.2, 0.25) is 0 Å². The molecule has 0 radical (unpaired) electrons. The quantitative estimate of drug-likeness (QED) is 0.322. The highest BCUT2D eigenvalue weighted by molar-refractivity contribution is 4.96. The molecule has 0 nitrogen and oxygen atoms in total. The molecule has 0 spiro atoms. The first kappa shape index (κ1) is 16.5. The Labute approximate surface area is 109 Å². The fraction of sp³-hybridized carbons (Fsp3) is 0.765. The summed E-state index contributed by atoms with van der Waals surface area (Å²) in [7, 11) is 0. The van der Waals surface area contributed by atoms with E-state index in [2.05, 4.69) is 40.3 Å². The van der Waals surface area contributed by atoms with Crippen molar-refractivity contribution < 1.29 is 0 Å². The zero-order valence-corrected chi connectivity index (χ0v) is 12.4. The van der Waals surface area contributed by atoms with Crippen LogP contribution in [-0.2, 0) is 0 Å². The van der Waals surface area contributed by atoms with Gasteiger partial charge in [-0.15, -0.1) is 0 Å². The average molecular weight is 236 g/mol. The molecule has 0 aliphatic carbocycles. The van der Waals surface area contributed by atoms with E-state index >= 15 is 0 Å². The van der Waals surface area contributed by atoms with Crippen molar-refractivity contribution in [2.75, 3.05) is 0 Å². The lowest BCUT2D eigenvalue weighted by Gasteiger charge is -2.18. The second-order valence-electron chi connectivity index (χ2n) is 5.85. The molecule has 0 aromatic rings. The molecule has 100 valence electrons. The predicted molar refractivity (Wildman–Crippen MR) is 80.2 cm³/mol. The molecule has 0 heterocycles. The van der Waals surface area contributed by atoms with Gasteiger partial charge in [0.05, 0.1) is 0 Å². The van der Waals surface area contributed by atoms with Crippen LogP contribution in [0, 0.1) is 17.8 Å². The smallest absolute Gasteiger partial charge is 0.0348 e. The molecule has 0 aromatic carbocycles. The lowest BCUT2D eigenvalue weighted by molar-refractivity contribution is 0.340. The lowest BCUT2D eigenvalue weighted by atomic mass is 9.88. The van der Waals surface area contributed by atoms with Crippen molar-refractivity contribution in [1.29, 1.82) is 0 Å². The van der Waals surface area contributed by atoms with Gasteiger partial charge in [0.15, 0.2) is 0 Å². The number of hydrogen-bond acceptors (Lipinski definition) is 0. The fourth-order valence-corrected chi connectivity index (χ4v) is 1.97. The summed E-state index contributed by atoms with van der Waals surface area (Å²) in [5.74, 6) is 2.62. The maximum absolute atomic E-state index is 3.67. The van der Waals surface area contributed by atoms with Crippen LogP contribution in [0.3, 0.4) is 0 Å². The van der Waals surface area contributed by atoms with E-state index in [0.29, 0.717) is 0 Å². The molecular weight excluding hydrogens is 204 g/mol. The molecule has 0 aliphatic rings. The topological polar surface area (TPSA) is 0 Å². The number of hydrogen-bond donors (Lipinski definition) is 0. The summed E-state index contributed by atoms with van der Waals surface area (Å²) < 4.78 is 0. The SMILES string of the molecule is C=CC=CCCCCC(C)CCC(C)C(C)C. The summed E-state index contributed by atoms with van der Waals surface area (Å²) in [5.41, 5.74) is 0. The highest BCUT2D eigenvalue weighted by atomic mass is 14.1. The second kappa shape index (κ2) is 10.6. The van der Waals surface area contributed by atoms with Gasteiger partial charge in [0, 0.05) is 0 Å². The summed E-state index contributed by atoms with van der Waals surface area (Å²) in [4.78, 5) is 0. The van der Waals surface area contributed by atoms with Crippen LogP contribution in [0.2, 0.25) is 0 Å². The zero-order chi connectivity index (χ0) is 13.1. The molecule has 0 aromatic heterocycles. The van der Waals surface area contributed by atoms with Gasteiger partial charge in [-0.05, 0) is 30.6 Å². The van der Waals surface area contributed by atoms with Crippen LogP contribution in [0.1, 0.15) is 66.2 Å². The van der Waals surface area contributed by atoms with E-state index < -0.39 is 0 Å². The van der Waals surface area contributed by atoms with Crippen LogP contribution in [0.25, 0.3) is 0 Å². The molecule has 0 N–H and O–H groups in total. The summed E-state index contributed by atoms with van der Waals surface area (Å²) in [5, 5.41) is 0. The van der Waals surface area contributed by atoms with Crippen molar-refractivity contribution in [1.82, 2.24) is 0 Å². The number of unbranched alkanes of at least 4 members (excludes halogenated alkanes) is 2. The fourth-order valence-electron chi connectivity index (χ4n) is 1.97. The first-order valence-corrected chi connectivity index (χ1v) is 7.35. The Hall–Kier alpha value is -0.520. The van der Waals surface area contributed by atoms with E-state index in [-0.39, 0.29) is 0 Å². The van der Waals surface area contributed by atoms with Crippen molar-refractivity contribution in [3.63, 3.8) is 0 Å². The molecule has 17 heavy (non-hydrogen) atoms. The van der Waals surface area contributed by atoms with Gasteiger partial charge in [-0.2, -0.15) is 0 Å². The van der Waals surface area contributed by atoms with E-state index in [9.17, 15) is 0 Å². The molecular formula is C17H32. The Morgan fingerprint density at radius 3 is 2.24 bits per heavy atom. The zero-order valence-electron chi connectivity index (χ0n) is 12.4. The van der Waals surface area contributed by atoms with Gasteiger partial charge in [-0.1, -0.05) is 78.2 Å². The summed E-state index contributed by atoms with van der Waals surface area (Å²) in [6.45, 7) is 13.1. The number of rotatable bonds is 10.